The first kappa shape index (κ1) is 5.41. The molecule has 0 amide bonds. The van der Waals surface area contributed by atoms with Crippen LogP contribution in [0.1, 0.15) is 13.8 Å². The van der Waals surface area contributed by atoms with Crippen molar-refractivity contribution in [2.45, 2.75) is 19.4 Å². The molecule has 0 radical (unpaired) electrons. The van der Waals surface area contributed by atoms with Crippen molar-refractivity contribution < 1.29 is 9.95 Å². The minimum absolute atomic E-state index is 0.125. The molecule has 0 aliphatic carbocycles. The lowest BCUT2D eigenvalue weighted by atomic mass is 10.1. The largest absolute Gasteiger partial charge is 0.355 e. The summed E-state index contributed by atoms with van der Waals surface area (Å²) in [6, 6.07) is 0. The minimum atomic E-state index is -0.125. The number of nitrogens with zero attached hydrogens (tertiary/aromatic N) is 1. The van der Waals surface area contributed by atoms with Gasteiger partial charge in [-0.1, -0.05) is 4.74 Å². The van der Waals surface area contributed by atoms with Crippen LogP contribution in [-0.4, -0.2) is 28.4 Å². The van der Waals surface area contributed by atoms with E-state index >= 15 is 0 Å². The summed E-state index contributed by atoms with van der Waals surface area (Å²) in [5.41, 5.74) is -0.125. The van der Waals surface area contributed by atoms with E-state index in [1.165, 1.54) is 4.74 Å². The molecule has 0 bridgehead atoms. The average Bonchev–Trinajstić information content (AvgIpc) is 1.86. The Kier molecular flexibility index (Phi) is 0.927. The lowest BCUT2D eigenvalue weighted by Gasteiger charge is -2.09. The summed E-state index contributed by atoms with van der Waals surface area (Å²) in [4.78, 5) is 0. The van der Waals surface area contributed by atoms with E-state index in [-0.39, 0.29) is 5.54 Å². The van der Waals surface area contributed by atoms with Crippen LogP contribution in [0.25, 0.3) is 0 Å². The van der Waals surface area contributed by atoms with Gasteiger partial charge in [-0.05, 0) is 13.8 Å². The van der Waals surface area contributed by atoms with Gasteiger partial charge >= 0.3 is 0 Å². The Morgan fingerprint density at radius 1 is 1.75 bits per heavy atom. The molecule has 0 spiro atoms. The number of hydrogen-bond acceptors (Lipinski definition) is 2. The fourth-order valence-corrected chi connectivity index (χ4v) is 0.638. The Labute approximate surface area is 48.6 Å². The second-order valence-corrected chi connectivity index (χ2v) is 2.67. The topological polar surface area (TPSA) is 35.3 Å². The maximum atomic E-state index is 8.97. The van der Waals surface area contributed by atoms with Crippen LogP contribution < -0.4 is 5.32 Å². The first-order valence-corrected chi connectivity index (χ1v) is 2.68. The Morgan fingerprint density at radius 2 is 2.38 bits per heavy atom. The first-order valence-electron chi connectivity index (χ1n) is 2.68. The van der Waals surface area contributed by atoms with E-state index in [0.717, 1.165) is 6.54 Å². The minimum Gasteiger partial charge on any atom is -0.355 e. The van der Waals surface area contributed by atoms with E-state index < -0.39 is 0 Å². The molecule has 0 unspecified atom stereocenters. The smallest absolute Gasteiger partial charge is 0.272 e. The summed E-state index contributed by atoms with van der Waals surface area (Å²) in [5, 5.41) is 11.9. The maximum Gasteiger partial charge on any atom is 0.272 e. The fraction of sp³-hybridized carbons (Fsp3) is 0.800. The highest BCUT2D eigenvalue weighted by molar-refractivity contribution is 5.49. The highest BCUT2D eigenvalue weighted by atomic mass is 16.5. The zero-order valence-corrected chi connectivity index (χ0v) is 5.18. The van der Waals surface area contributed by atoms with Gasteiger partial charge < -0.3 is 5.21 Å². The van der Waals surface area contributed by atoms with Gasteiger partial charge in [-0.25, -0.2) is 0 Å². The lowest BCUT2D eigenvalue weighted by Crippen LogP contribution is -2.34. The molecule has 0 aromatic carbocycles. The molecule has 46 valence electrons. The number of rotatable bonds is 0. The van der Waals surface area contributed by atoms with Gasteiger partial charge in [-0.3, -0.25) is 5.32 Å². The summed E-state index contributed by atoms with van der Waals surface area (Å²) >= 11 is 0. The number of hydroxylamine groups is 1. The summed E-state index contributed by atoms with van der Waals surface area (Å²) < 4.78 is 1.19. The van der Waals surface area contributed by atoms with E-state index in [4.69, 9.17) is 5.21 Å². The van der Waals surface area contributed by atoms with Crippen LogP contribution in [0.2, 0.25) is 0 Å². The van der Waals surface area contributed by atoms with Crippen LogP contribution in [0.4, 0.5) is 0 Å². The van der Waals surface area contributed by atoms with Crippen molar-refractivity contribution in [1.82, 2.24) is 5.32 Å². The first-order chi connectivity index (χ1) is 3.63. The second-order valence-electron chi connectivity index (χ2n) is 2.67. The van der Waals surface area contributed by atoms with Gasteiger partial charge in [-0.15, -0.1) is 0 Å². The van der Waals surface area contributed by atoms with Crippen LogP contribution in [-0.2, 0) is 0 Å². The molecule has 0 fully saturated rings. The molecular weight excluding hydrogens is 104 g/mol. The second kappa shape index (κ2) is 1.37. The summed E-state index contributed by atoms with van der Waals surface area (Å²) in [6.45, 7) is 4.73. The van der Waals surface area contributed by atoms with Crippen molar-refractivity contribution in [1.29, 1.82) is 0 Å². The van der Waals surface area contributed by atoms with E-state index in [9.17, 15) is 0 Å². The predicted octanol–water partition coefficient (Wildman–Crippen LogP) is -0.202. The predicted molar refractivity (Wildman–Crippen MR) is 30.2 cm³/mol. The average molecular weight is 115 g/mol. The van der Waals surface area contributed by atoms with Gasteiger partial charge in [-0.2, -0.15) is 0 Å². The molecule has 3 nitrogen and oxygen atoms in total. The molecule has 8 heavy (non-hydrogen) atoms. The third-order valence-corrected chi connectivity index (χ3v) is 1.37. The van der Waals surface area contributed by atoms with E-state index in [0.29, 0.717) is 0 Å². The Balaban J connectivity index is 2.73. The van der Waals surface area contributed by atoms with Crippen molar-refractivity contribution in [3.63, 3.8) is 0 Å². The molecule has 0 saturated carbocycles. The maximum absolute atomic E-state index is 8.97. The molecule has 1 rings (SSSR count). The van der Waals surface area contributed by atoms with E-state index in [1.54, 1.807) is 6.34 Å². The van der Waals surface area contributed by atoms with Gasteiger partial charge in [0.15, 0.2) is 5.54 Å². The van der Waals surface area contributed by atoms with Crippen molar-refractivity contribution >= 4 is 6.34 Å². The molecule has 0 atom stereocenters. The van der Waals surface area contributed by atoms with Crippen LogP contribution in [0.3, 0.4) is 0 Å². The fourth-order valence-electron chi connectivity index (χ4n) is 0.638. The quantitative estimate of drug-likeness (QED) is 0.338. The highest BCUT2D eigenvalue weighted by Crippen LogP contribution is 2.06. The van der Waals surface area contributed by atoms with Gasteiger partial charge in [0.05, 0.1) is 0 Å². The van der Waals surface area contributed by atoms with Crippen LogP contribution in [0.15, 0.2) is 0 Å². The van der Waals surface area contributed by atoms with Crippen LogP contribution in [0.5, 0.6) is 0 Å². The van der Waals surface area contributed by atoms with Crippen LogP contribution in [0, 0.1) is 0 Å². The zero-order chi connectivity index (χ0) is 6.20. The Bertz CT molecular complexity index is 128. The third kappa shape index (κ3) is 0.638. The Hall–Kier alpha value is -0.730. The van der Waals surface area contributed by atoms with Gasteiger partial charge in [0.25, 0.3) is 6.34 Å². The molecule has 1 aliphatic heterocycles. The van der Waals surface area contributed by atoms with Gasteiger partial charge in [0.2, 0.25) is 0 Å². The van der Waals surface area contributed by atoms with E-state index in [1.807, 2.05) is 13.8 Å². The van der Waals surface area contributed by atoms with Crippen LogP contribution >= 0.6 is 0 Å². The Morgan fingerprint density at radius 3 is 2.50 bits per heavy atom. The molecule has 1 heterocycles. The van der Waals surface area contributed by atoms with E-state index in [2.05, 4.69) is 5.32 Å². The van der Waals surface area contributed by atoms with Crippen molar-refractivity contribution in [3.05, 3.63) is 0 Å². The highest BCUT2D eigenvalue weighted by Gasteiger charge is 2.32. The molecule has 3 heteroatoms. The monoisotopic (exact) mass is 115 g/mol. The SMILES string of the molecule is CC1(C)CNC=[N+]1O. The van der Waals surface area contributed by atoms with Crippen molar-refractivity contribution in [3.8, 4) is 0 Å². The molecule has 0 aromatic heterocycles. The lowest BCUT2D eigenvalue weighted by molar-refractivity contribution is -0.812. The third-order valence-electron chi connectivity index (χ3n) is 1.37. The van der Waals surface area contributed by atoms with Gasteiger partial charge in [0, 0.05) is 0 Å². The molecule has 2 N–H and O–H groups in total. The molecular formula is C5H11N2O+. The molecule has 0 aromatic rings. The van der Waals surface area contributed by atoms with Crippen molar-refractivity contribution in [2.75, 3.05) is 6.54 Å². The summed E-state index contributed by atoms with van der Waals surface area (Å²) in [7, 11) is 0. The summed E-state index contributed by atoms with van der Waals surface area (Å²) in [5.74, 6) is 0. The summed E-state index contributed by atoms with van der Waals surface area (Å²) in [6.07, 6.45) is 1.57. The number of hydrogen-bond donors (Lipinski definition) is 2. The van der Waals surface area contributed by atoms with Crippen molar-refractivity contribution in [2.24, 2.45) is 0 Å². The molecule has 0 saturated heterocycles. The standard InChI is InChI=1S/C5H10N2O/c1-5(2)3-6-4-7(5)8/h4,8H,3H2,1-2H3/p+1. The normalized spacial score (nSPS) is 24.5. The zero-order valence-electron chi connectivity index (χ0n) is 5.18. The van der Waals surface area contributed by atoms with Gasteiger partial charge in [0.1, 0.15) is 6.54 Å². The number of nitrogens with one attached hydrogen (secondary N) is 1. The molecule has 1 aliphatic rings.